The SMILES string of the molecule is CCOCCOC(=O)OC1=C(c2c(CC)cc(Cl)cc2CC)C(=O)N[C@]12CC[C@@H](OC)CC2. The Bertz CT molecular complexity index is 879. The second kappa shape index (κ2) is 11.4. The molecule has 7 nitrogen and oxygen atoms in total. The number of methoxy groups -OCH3 is 1. The van der Waals surface area contributed by atoms with Crippen LogP contribution in [-0.4, -0.2) is 50.6 Å². The molecule has 1 saturated carbocycles. The highest BCUT2D eigenvalue weighted by molar-refractivity contribution is 6.31. The largest absolute Gasteiger partial charge is 0.513 e. The minimum absolute atomic E-state index is 0.0801. The predicted octanol–water partition coefficient (Wildman–Crippen LogP) is 4.82. The molecule has 1 heterocycles. The molecule has 1 aromatic carbocycles. The average molecular weight is 480 g/mol. The number of rotatable bonds is 9. The first-order chi connectivity index (χ1) is 15.9. The molecule has 182 valence electrons. The van der Waals surface area contributed by atoms with Crippen molar-refractivity contribution in [3.63, 3.8) is 0 Å². The Balaban J connectivity index is 2.06. The van der Waals surface area contributed by atoms with E-state index in [0.29, 0.717) is 48.6 Å². The maximum Gasteiger partial charge on any atom is 0.513 e. The van der Waals surface area contributed by atoms with Crippen LogP contribution in [-0.2, 0) is 36.6 Å². The zero-order valence-electron chi connectivity index (χ0n) is 19.9. The number of halogens is 1. The third-order valence-electron chi connectivity index (χ3n) is 6.48. The van der Waals surface area contributed by atoms with Crippen LogP contribution in [0.3, 0.4) is 0 Å². The van der Waals surface area contributed by atoms with Crippen LogP contribution in [0.2, 0.25) is 5.02 Å². The maximum absolute atomic E-state index is 13.4. The van der Waals surface area contributed by atoms with Crippen LogP contribution in [0.15, 0.2) is 17.9 Å². The van der Waals surface area contributed by atoms with Gasteiger partial charge in [-0.3, -0.25) is 4.79 Å². The van der Waals surface area contributed by atoms with E-state index in [9.17, 15) is 9.59 Å². The van der Waals surface area contributed by atoms with E-state index in [1.54, 1.807) is 7.11 Å². The molecule has 0 saturated heterocycles. The van der Waals surface area contributed by atoms with Crippen molar-refractivity contribution in [1.29, 1.82) is 0 Å². The highest BCUT2D eigenvalue weighted by Gasteiger charge is 2.50. The van der Waals surface area contributed by atoms with E-state index in [4.69, 9.17) is 30.5 Å². The Morgan fingerprint density at radius 3 is 2.30 bits per heavy atom. The van der Waals surface area contributed by atoms with E-state index < -0.39 is 11.7 Å². The van der Waals surface area contributed by atoms with Gasteiger partial charge in [0.15, 0.2) is 0 Å². The second-order valence-corrected chi connectivity index (χ2v) is 8.82. The van der Waals surface area contributed by atoms with Crippen LogP contribution >= 0.6 is 11.6 Å². The highest BCUT2D eigenvalue weighted by Crippen LogP contribution is 2.45. The predicted molar refractivity (Wildman–Crippen MR) is 126 cm³/mol. The standard InChI is InChI=1S/C25H34ClNO6/c1-5-16-14-18(26)15-17(6-2)20(16)21-22(33-24(29)32-13-12-31-7-3)25(27-23(21)28)10-8-19(30-4)9-11-25/h14-15,19H,5-13H2,1-4H3,(H,27,28)/t19-,25+. The lowest BCUT2D eigenvalue weighted by atomic mass is 9.78. The first-order valence-corrected chi connectivity index (χ1v) is 12.1. The van der Waals surface area contributed by atoms with Crippen LogP contribution in [0.25, 0.3) is 5.57 Å². The van der Waals surface area contributed by atoms with Crippen LogP contribution in [0.4, 0.5) is 4.79 Å². The van der Waals surface area contributed by atoms with E-state index in [0.717, 1.165) is 29.5 Å². The zero-order valence-corrected chi connectivity index (χ0v) is 20.7. The van der Waals surface area contributed by atoms with E-state index in [1.807, 2.05) is 32.9 Å². The van der Waals surface area contributed by atoms with Gasteiger partial charge in [-0.05, 0) is 74.3 Å². The van der Waals surface area contributed by atoms with Crippen molar-refractivity contribution < 1.29 is 28.5 Å². The summed E-state index contributed by atoms with van der Waals surface area (Å²) in [6, 6.07) is 3.75. The van der Waals surface area contributed by atoms with Crippen molar-refractivity contribution in [2.24, 2.45) is 0 Å². The van der Waals surface area contributed by atoms with Gasteiger partial charge in [0.25, 0.3) is 5.91 Å². The number of aryl methyl sites for hydroxylation is 2. The summed E-state index contributed by atoms with van der Waals surface area (Å²) in [6.45, 7) is 6.80. The molecule has 1 N–H and O–H groups in total. The van der Waals surface area contributed by atoms with Gasteiger partial charge in [0.2, 0.25) is 0 Å². The van der Waals surface area contributed by atoms with Crippen LogP contribution < -0.4 is 5.32 Å². The topological polar surface area (TPSA) is 83.1 Å². The van der Waals surface area contributed by atoms with Gasteiger partial charge in [0, 0.05) is 18.7 Å². The lowest BCUT2D eigenvalue weighted by Gasteiger charge is -2.37. The molecular formula is C25H34ClNO6. The van der Waals surface area contributed by atoms with E-state index in [1.165, 1.54) is 0 Å². The molecular weight excluding hydrogens is 446 g/mol. The van der Waals surface area contributed by atoms with Gasteiger partial charge in [-0.2, -0.15) is 0 Å². The molecule has 1 fully saturated rings. The number of nitrogens with one attached hydrogen (secondary N) is 1. The summed E-state index contributed by atoms with van der Waals surface area (Å²) in [4.78, 5) is 26.1. The second-order valence-electron chi connectivity index (χ2n) is 8.38. The van der Waals surface area contributed by atoms with Gasteiger partial charge in [0.05, 0.1) is 23.8 Å². The van der Waals surface area contributed by atoms with Crippen molar-refractivity contribution in [3.8, 4) is 0 Å². The van der Waals surface area contributed by atoms with Gasteiger partial charge in [-0.1, -0.05) is 25.4 Å². The zero-order chi connectivity index (χ0) is 24.0. The fourth-order valence-electron chi connectivity index (χ4n) is 4.77. The molecule has 0 radical (unpaired) electrons. The first kappa shape index (κ1) is 25.5. The summed E-state index contributed by atoms with van der Waals surface area (Å²) >= 11 is 6.35. The van der Waals surface area contributed by atoms with Crippen molar-refractivity contribution >= 4 is 29.2 Å². The van der Waals surface area contributed by atoms with Crippen molar-refractivity contribution in [2.45, 2.75) is 70.9 Å². The average Bonchev–Trinajstić information content (AvgIpc) is 3.06. The van der Waals surface area contributed by atoms with Crippen molar-refractivity contribution in [3.05, 3.63) is 39.6 Å². The smallest absolute Gasteiger partial charge is 0.432 e. The Kier molecular flexibility index (Phi) is 8.79. The van der Waals surface area contributed by atoms with Crippen molar-refractivity contribution in [2.75, 3.05) is 26.9 Å². The first-order valence-electron chi connectivity index (χ1n) is 11.7. The van der Waals surface area contributed by atoms with Crippen LogP contribution in [0.5, 0.6) is 0 Å². The number of hydrogen-bond donors (Lipinski definition) is 1. The Morgan fingerprint density at radius 1 is 1.12 bits per heavy atom. The highest BCUT2D eigenvalue weighted by atomic mass is 35.5. The van der Waals surface area contributed by atoms with Gasteiger partial charge >= 0.3 is 6.16 Å². The summed E-state index contributed by atoms with van der Waals surface area (Å²) in [5, 5.41) is 3.78. The quantitative estimate of drug-likeness (QED) is 0.403. The summed E-state index contributed by atoms with van der Waals surface area (Å²) in [5.74, 6) is 0.102. The molecule has 3 rings (SSSR count). The molecule has 1 aliphatic heterocycles. The summed E-state index contributed by atoms with van der Waals surface area (Å²) in [5.41, 5.74) is 2.31. The molecule has 0 aromatic heterocycles. The molecule has 0 unspecified atom stereocenters. The van der Waals surface area contributed by atoms with Crippen LogP contribution in [0, 0.1) is 0 Å². The number of ether oxygens (including phenoxy) is 4. The molecule has 1 aliphatic carbocycles. The lowest BCUT2D eigenvalue weighted by Crippen LogP contribution is -2.49. The summed E-state index contributed by atoms with van der Waals surface area (Å²) in [7, 11) is 1.69. The molecule has 8 heteroatoms. The molecule has 33 heavy (non-hydrogen) atoms. The third-order valence-corrected chi connectivity index (χ3v) is 6.69. The molecule has 2 aliphatic rings. The van der Waals surface area contributed by atoms with Gasteiger partial charge < -0.3 is 24.3 Å². The summed E-state index contributed by atoms with van der Waals surface area (Å²) in [6.07, 6.45) is 3.36. The Hall–Kier alpha value is -2.09. The molecule has 1 amide bonds. The number of benzene rings is 1. The molecule has 1 spiro atoms. The number of amides is 1. The fraction of sp³-hybridized carbons (Fsp3) is 0.600. The number of hydrogen-bond acceptors (Lipinski definition) is 6. The lowest BCUT2D eigenvalue weighted by molar-refractivity contribution is -0.116. The van der Waals surface area contributed by atoms with E-state index in [2.05, 4.69) is 5.32 Å². The normalized spacial score (nSPS) is 22.6. The number of carbonyl (C=O) groups excluding carboxylic acids is 2. The fourth-order valence-corrected chi connectivity index (χ4v) is 5.04. The Morgan fingerprint density at radius 2 is 1.76 bits per heavy atom. The van der Waals surface area contributed by atoms with E-state index >= 15 is 0 Å². The minimum atomic E-state index is -0.836. The summed E-state index contributed by atoms with van der Waals surface area (Å²) < 4.78 is 21.8. The minimum Gasteiger partial charge on any atom is -0.432 e. The third kappa shape index (κ3) is 5.53. The van der Waals surface area contributed by atoms with Gasteiger partial charge in [-0.25, -0.2) is 4.79 Å². The maximum atomic E-state index is 13.4. The Labute approximate surface area is 200 Å². The molecule has 0 atom stereocenters. The van der Waals surface area contributed by atoms with Gasteiger partial charge in [-0.15, -0.1) is 0 Å². The monoisotopic (exact) mass is 479 g/mol. The van der Waals surface area contributed by atoms with Crippen LogP contribution in [0.1, 0.15) is 63.1 Å². The van der Waals surface area contributed by atoms with E-state index in [-0.39, 0.29) is 25.2 Å². The van der Waals surface area contributed by atoms with Crippen molar-refractivity contribution in [1.82, 2.24) is 5.32 Å². The number of carbonyl (C=O) groups is 2. The van der Waals surface area contributed by atoms with Gasteiger partial charge in [0.1, 0.15) is 12.4 Å². The molecule has 1 aromatic rings. The molecule has 0 bridgehead atoms.